The number of ether oxygens (including phenoxy) is 3. The van der Waals surface area contributed by atoms with E-state index in [2.05, 4.69) is 26.0 Å². The highest BCUT2D eigenvalue weighted by atomic mass is 16.7. The molecule has 0 saturated carbocycles. The van der Waals surface area contributed by atoms with Crippen molar-refractivity contribution in [1.82, 2.24) is 0 Å². The van der Waals surface area contributed by atoms with Crippen molar-refractivity contribution >= 4 is 0 Å². The summed E-state index contributed by atoms with van der Waals surface area (Å²) in [5.74, 6) is 1.29. The molecule has 1 aromatic rings. The van der Waals surface area contributed by atoms with Gasteiger partial charge in [-0.1, -0.05) is 57.4 Å². The highest BCUT2D eigenvalue weighted by molar-refractivity contribution is 5.28. The predicted molar refractivity (Wildman–Crippen MR) is 93.6 cm³/mol. The van der Waals surface area contributed by atoms with Crippen LogP contribution in [0, 0.1) is 5.92 Å². The molecule has 0 amide bonds. The van der Waals surface area contributed by atoms with Crippen molar-refractivity contribution in [2.45, 2.75) is 52.2 Å². The Hall–Kier alpha value is -1.32. The zero-order chi connectivity index (χ0) is 16.3. The summed E-state index contributed by atoms with van der Waals surface area (Å²) in [6, 6.07) is 8.05. The largest absolute Gasteiger partial charge is 0.494 e. The van der Waals surface area contributed by atoms with Crippen LogP contribution >= 0.6 is 0 Å². The minimum atomic E-state index is -0.250. The van der Waals surface area contributed by atoms with E-state index in [1.54, 1.807) is 0 Å². The molecule has 0 radical (unpaired) electrons. The van der Waals surface area contributed by atoms with Gasteiger partial charge in [0.05, 0.1) is 19.8 Å². The SMILES string of the molecule is CCCCC=CC1COC(c2ccc(OCCCC)cc2)OC1. The highest BCUT2D eigenvalue weighted by Crippen LogP contribution is 2.27. The second-order valence-electron chi connectivity index (χ2n) is 6.10. The first kappa shape index (κ1) is 18.0. The third-order valence-corrected chi connectivity index (χ3v) is 3.97. The van der Waals surface area contributed by atoms with Crippen LogP contribution in [0.5, 0.6) is 5.75 Å². The zero-order valence-electron chi connectivity index (χ0n) is 14.5. The second kappa shape index (κ2) is 10.5. The molecule has 2 rings (SSSR count). The Kier molecular flexibility index (Phi) is 8.19. The van der Waals surface area contributed by atoms with E-state index in [0.717, 1.165) is 50.4 Å². The van der Waals surface area contributed by atoms with E-state index in [4.69, 9.17) is 14.2 Å². The fourth-order valence-corrected chi connectivity index (χ4v) is 2.49. The summed E-state index contributed by atoms with van der Waals surface area (Å²) in [7, 11) is 0. The molecule has 1 fully saturated rings. The van der Waals surface area contributed by atoms with Crippen LogP contribution in [0.15, 0.2) is 36.4 Å². The molecular weight excluding hydrogens is 288 g/mol. The Morgan fingerprint density at radius 3 is 2.39 bits per heavy atom. The van der Waals surface area contributed by atoms with Crippen molar-refractivity contribution in [3.8, 4) is 5.75 Å². The van der Waals surface area contributed by atoms with Gasteiger partial charge in [-0.2, -0.15) is 0 Å². The average molecular weight is 318 g/mol. The lowest BCUT2D eigenvalue weighted by Crippen LogP contribution is -2.25. The van der Waals surface area contributed by atoms with Crippen LogP contribution in [0.3, 0.4) is 0 Å². The standard InChI is InChI=1S/C20H30O3/c1-3-5-7-8-9-17-15-22-20(23-16-17)18-10-12-19(13-11-18)21-14-6-4-2/h8-13,17,20H,3-7,14-16H2,1-2H3. The van der Waals surface area contributed by atoms with E-state index in [0.29, 0.717) is 5.92 Å². The number of hydrogen-bond donors (Lipinski definition) is 0. The Morgan fingerprint density at radius 1 is 1.04 bits per heavy atom. The van der Waals surface area contributed by atoms with Gasteiger partial charge >= 0.3 is 0 Å². The minimum Gasteiger partial charge on any atom is -0.494 e. The lowest BCUT2D eigenvalue weighted by molar-refractivity contribution is -0.197. The third kappa shape index (κ3) is 6.36. The van der Waals surface area contributed by atoms with E-state index in [1.807, 2.05) is 24.3 Å². The van der Waals surface area contributed by atoms with Crippen molar-refractivity contribution in [2.24, 2.45) is 5.92 Å². The normalized spacial score (nSPS) is 21.7. The summed E-state index contributed by atoms with van der Waals surface area (Å²) in [5.41, 5.74) is 1.06. The molecule has 1 heterocycles. The molecule has 0 atom stereocenters. The van der Waals surface area contributed by atoms with E-state index in [-0.39, 0.29) is 6.29 Å². The van der Waals surface area contributed by atoms with Crippen molar-refractivity contribution in [3.63, 3.8) is 0 Å². The number of rotatable bonds is 9. The van der Waals surface area contributed by atoms with Crippen LogP contribution in [-0.2, 0) is 9.47 Å². The molecule has 0 bridgehead atoms. The van der Waals surface area contributed by atoms with E-state index >= 15 is 0 Å². The molecule has 3 heteroatoms. The molecule has 23 heavy (non-hydrogen) atoms. The summed E-state index contributed by atoms with van der Waals surface area (Å²) in [5, 5.41) is 0. The fourth-order valence-electron chi connectivity index (χ4n) is 2.49. The van der Waals surface area contributed by atoms with Crippen molar-refractivity contribution in [3.05, 3.63) is 42.0 Å². The summed E-state index contributed by atoms with van der Waals surface area (Å²) in [6.45, 7) is 6.60. The molecule has 3 nitrogen and oxygen atoms in total. The van der Waals surface area contributed by atoms with Gasteiger partial charge in [0, 0.05) is 11.5 Å². The Morgan fingerprint density at radius 2 is 1.74 bits per heavy atom. The fraction of sp³-hybridized carbons (Fsp3) is 0.600. The molecular formula is C20H30O3. The first-order chi connectivity index (χ1) is 11.3. The monoisotopic (exact) mass is 318 g/mol. The molecule has 1 aliphatic heterocycles. The molecule has 128 valence electrons. The van der Waals surface area contributed by atoms with Gasteiger partial charge in [0.15, 0.2) is 6.29 Å². The maximum atomic E-state index is 5.86. The minimum absolute atomic E-state index is 0.250. The van der Waals surface area contributed by atoms with Gasteiger partial charge in [-0.3, -0.25) is 0 Å². The maximum Gasteiger partial charge on any atom is 0.183 e. The highest BCUT2D eigenvalue weighted by Gasteiger charge is 2.21. The van der Waals surface area contributed by atoms with Crippen LogP contribution in [0.25, 0.3) is 0 Å². The summed E-state index contributed by atoms with van der Waals surface area (Å²) < 4.78 is 17.4. The second-order valence-corrected chi connectivity index (χ2v) is 6.10. The van der Waals surface area contributed by atoms with Crippen LogP contribution in [0.4, 0.5) is 0 Å². The van der Waals surface area contributed by atoms with Gasteiger partial charge in [0.25, 0.3) is 0 Å². The van der Waals surface area contributed by atoms with Gasteiger partial charge in [0.1, 0.15) is 5.75 Å². The van der Waals surface area contributed by atoms with Gasteiger partial charge < -0.3 is 14.2 Å². The predicted octanol–water partition coefficient (Wildman–Crippen LogP) is 5.27. The molecule has 0 aromatic heterocycles. The van der Waals surface area contributed by atoms with Crippen LogP contribution in [-0.4, -0.2) is 19.8 Å². The lowest BCUT2D eigenvalue weighted by atomic mass is 10.1. The molecule has 0 aliphatic carbocycles. The molecule has 1 aliphatic rings. The van der Waals surface area contributed by atoms with Crippen LogP contribution in [0.2, 0.25) is 0 Å². The smallest absolute Gasteiger partial charge is 0.183 e. The van der Waals surface area contributed by atoms with E-state index in [9.17, 15) is 0 Å². The molecule has 0 spiro atoms. The number of benzene rings is 1. The average Bonchev–Trinajstić information content (AvgIpc) is 2.60. The first-order valence-corrected chi connectivity index (χ1v) is 8.96. The summed E-state index contributed by atoms with van der Waals surface area (Å²) >= 11 is 0. The zero-order valence-corrected chi connectivity index (χ0v) is 14.5. The van der Waals surface area contributed by atoms with Gasteiger partial charge in [0.2, 0.25) is 0 Å². The Bertz CT molecular complexity index is 444. The third-order valence-electron chi connectivity index (χ3n) is 3.97. The number of allylic oxidation sites excluding steroid dienone is 1. The van der Waals surface area contributed by atoms with Gasteiger partial charge in [-0.15, -0.1) is 0 Å². The van der Waals surface area contributed by atoms with Crippen molar-refractivity contribution in [1.29, 1.82) is 0 Å². The van der Waals surface area contributed by atoms with Gasteiger partial charge in [-0.25, -0.2) is 0 Å². The summed E-state index contributed by atoms with van der Waals surface area (Å²) in [6.07, 6.45) is 10.1. The lowest BCUT2D eigenvalue weighted by Gasteiger charge is -2.28. The van der Waals surface area contributed by atoms with Gasteiger partial charge in [-0.05, 0) is 25.0 Å². The number of hydrogen-bond acceptors (Lipinski definition) is 3. The Labute approximate surface area is 140 Å². The Balaban J connectivity index is 1.75. The van der Waals surface area contributed by atoms with Crippen LogP contribution < -0.4 is 4.74 Å². The first-order valence-electron chi connectivity index (χ1n) is 8.96. The van der Waals surface area contributed by atoms with Crippen molar-refractivity contribution < 1.29 is 14.2 Å². The van der Waals surface area contributed by atoms with Crippen LogP contribution in [0.1, 0.15) is 57.8 Å². The summed E-state index contributed by atoms with van der Waals surface area (Å²) in [4.78, 5) is 0. The quantitative estimate of drug-likeness (QED) is 0.458. The van der Waals surface area contributed by atoms with E-state index < -0.39 is 0 Å². The van der Waals surface area contributed by atoms with E-state index in [1.165, 1.54) is 12.8 Å². The molecule has 1 saturated heterocycles. The number of unbranched alkanes of at least 4 members (excludes halogenated alkanes) is 3. The topological polar surface area (TPSA) is 27.7 Å². The molecule has 1 aromatic carbocycles. The van der Waals surface area contributed by atoms with Crippen molar-refractivity contribution in [2.75, 3.05) is 19.8 Å². The maximum absolute atomic E-state index is 5.86. The molecule has 0 N–H and O–H groups in total. The molecule has 0 unspecified atom stereocenters.